The van der Waals surface area contributed by atoms with Gasteiger partial charge in [0.05, 0.1) is 5.69 Å². The number of rotatable bonds is 3. The fraction of sp³-hybridized carbons (Fsp3) is 0.750. The first-order chi connectivity index (χ1) is 12.1. The van der Waals surface area contributed by atoms with Gasteiger partial charge in [0.1, 0.15) is 0 Å². The Labute approximate surface area is 147 Å². The van der Waals surface area contributed by atoms with Crippen LogP contribution < -0.4 is 0 Å². The van der Waals surface area contributed by atoms with Crippen molar-refractivity contribution in [2.75, 3.05) is 39.3 Å². The highest BCUT2D eigenvalue weighted by Crippen LogP contribution is 2.25. The molecule has 0 atom stereocenters. The third kappa shape index (κ3) is 3.09. The monoisotopic (exact) mass is 368 g/mol. The van der Waals surface area contributed by atoms with Crippen molar-refractivity contribution in [2.45, 2.75) is 38.5 Å². The molecule has 2 fully saturated rings. The van der Waals surface area contributed by atoms with E-state index in [-0.39, 0.29) is 5.91 Å². The number of fused-ring (bicyclic) bond motifs is 1. The smallest absolute Gasteiger partial charge is 0.292 e. The molecule has 2 saturated heterocycles. The van der Waals surface area contributed by atoms with E-state index in [9.17, 15) is 13.2 Å². The Balaban J connectivity index is 1.42. The summed E-state index contributed by atoms with van der Waals surface area (Å²) in [5.41, 5.74) is 1.85. The molecule has 0 unspecified atom stereocenters. The molecular formula is C16H24N4O4S. The van der Waals surface area contributed by atoms with Crippen molar-refractivity contribution < 1.29 is 17.7 Å². The minimum atomic E-state index is -3.39. The number of aryl methyl sites for hydroxylation is 1. The van der Waals surface area contributed by atoms with Crippen molar-refractivity contribution in [1.82, 2.24) is 18.7 Å². The molecule has 3 heterocycles. The van der Waals surface area contributed by atoms with E-state index < -0.39 is 10.2 Å². The number of hydrogen-bond donors (Lipinski definition) is 0. The Hall–Kier alpha value is -1.45. The molecule has 1 aromatic rings. The maximum absolute atomic E-state index is 12.8. The van der Waals surface area contributed by atoms with Crippen molar-refractivity contribution in [2.24, 2.45) is 0 Å². The van der Waals surface area contributed by atoms with Crippen LogP contribution in [0.2, 0.25) is 0 Å². The third-order valence-electron chi connectivity index (χ3n) is 5.40. The normalized spacial score (nSPS) is 23.0. The Morgan fingerprint density at radius 2 is 1.52 bits per heavy atom. The zero-order chi connectivity index (χ0) is 17.4. The Bertz CT molecular complexity index is 746. The lowest BCUT2D eigenvalue weighted by Crippen LogP contribution is -2.53. The van der Waals surface area contributed by atoms with Crippen LogP contribution in [0.4, 0.5) is 0 Å². The molecule has 0 saturated carbocycles. The molecule has 0 spiro atoms. The van der Waals surface area contributed by atoms with Crippen LogP contribution in [0, 0.1) is 0 Å². The first-order valence-electron chi connectivity index (χ1n) is 9.09. The molecule has 25 heavy (non-hydrogen) atoms. The van der Waals surface area contributed by atoms with Gasteiger partial charge in [0.2, 0.25) is 5.76 Å². The second-order valence-electron chi connectivity index (χ2n) is 6.95. The average Bonchev–Trinajstić information content (AvgIpc) is 3.31. The van der Waals surface area contributed by atoms with Gasteiger partial charge in [-0.1, -0.05) is 5.16 Å². The molecule has 1 amide bonds. The van der Waals surface area contributed by atoms with Gasteiger partial charge in [-0.05, 0) is 38.5 Å². The summed E-state index contributed by atoms with van der Waals surface area (Å²) in [4.78, 5) is 14.4. The van der Waals surface area contributed by atoms with Crippen LogP contribution in [0.1, 0.15) is 47.5 Å². The number of aromatic nitrogens is 1. The van der Waals surface area contributed by atoms with Gasteiger partial charge in [-0.15, -0.1) is 0 Å². The lowest BCUT2D eigenvalue weighted by molar-refractivity contribution is 0.0651. The Morgan fingerprint density at radius 1 is 0.880 bits per heavy atom. The summed E-state index contributed by atoms with van der Waals surface area (Å²) in [7, 11) is -3.39. The van der Waals surface area contributed by atoms with E-state index in [2.05, 4.69) is 5.16 Å². The van der Waals surface area contributed by atoms with Gasteiger partial charge in [0, 0.05) is 44.8 Å². The summed E-state index contributed by atoms with van der Waals surface area (Å²) in [6, 6.07) is 0. The van der Waals surface area contributed by atoms with Crippen LogP contribution in [0.15, 0.2) is 4.52 Å². The van der Waals surface area contributed by atoms with Crippen molar-refractivity contribution in [3.05, 3.63) is 17.0 Å². The first-order valence-corrected chi connectivity index (χ1v) is 10.5. The second kappa shape index (κ2) is 6.69. The van der Waals surface area contributed by atoms with Crippen LogP contribution in [0.3, 0.4) is 0 Å². The van der Waals surface area contributed by atoms with Crippen LogP contribution in [-0.2, 0) is 23.1 Å². The molecular weight excluding hydrogens is 344 g/mol. The fourth-order valence-corrected chi connectivity index (χ4v) is 5.58. The molecule has 4 rings (SSSR count). The summed E-state index contributed by atoms with van der Waals surface area (Å²) in [6.07, 6.45) is 5.69. The maximum Gasteiger partial charge on any atom is 0.292 e. The Kier molecular flexibility index (Phi) is 4.55. The minimum Gasteiger partial charge on any atom is -0.350 e. The van der Waals surface area contributed by atoms with Gasteiger partial charge in [-0.2, -0.15) is 17.0 Å². The van der Waals surface area contributed by atoms with E-state index in [1.807, 2.05) is 0 Å². The molecule has 0 N–H and O–H groups in total. The van der Waals surface area contributed by atoms with E-state index in [1.165, 1.54) is 4.31 Å². The van der Waals surface area contributed by atoms with Crippen LogP contribution >= 0.6 is 0 Å². The summed E-state index contributed by atoms with van der Waals surface area (Å²) >= 11 is 0. The molecule has 8 nitrogen and oxygen atoms in total. The van der Waals surface area contributed by atoms with Gasteiger partial charge in [-0.25, -0.2) is 0 Å². The number of carbonyl (C=O) groups excluding carboxylic acids is 1. The maximum atomic E-state index is 12.8. The van der Waals surface area contributed by atoms with Crippen molar-refractivity contribution in [3.63, 3.8) is 0 Å². The summed E-state index contributed by atoms with van der Waals surface area (Å²) < 4.78 is 33.6. The zero-order valence-corrected chi connectivity index (χ0v) is 15.1. The molecule has 9 heteroatoms. The molecule has 0 aromatic carbocycles. The van der Waals surface area contributed by atoms with E-state index in [0.717, 1.165) is 49.8 Å². The van der Waals surface area contributed by atoms with Gasteiger partial charge in [0.15, 0.2) is 0 Å². The topological polar surface area (TPSA) is 87.0 Å². The van der Waals surface area contributed by atoms with E-state index in [4.69, 9.17) is 4.52 Å². The predicted molar refractivity (Wildman–Crippen MR) is 90.3 cm³/mol. The second-order valence-corrected chi connectivity index (χ2v) is 8.88. The van der Waals surface area contributed by atoms with Crippen molar-refractivity contribution in [1.29, 1.82) is 0 Å². The summed E-state index contributed by atoms with van der Waals surface area (Å²) in [5.74, 6) is 0.194. The highest BCUT2D eigenvalue weighted by molar-refractivity contribution is 7.86. The van der Waals surface area contributed by atoms with Gasteiger partial charge in [0.25, 0.3) is 16.1 Å². The quantitative estimate of drug-likeness (QED) is 0.782. The van der Waals surface area contributed by atoms with Crippen LogP contribution in [0.5, 0.6) is 0 Å². The number of nitrogens with zero attached hydrogens (tertiary/aromatic N) is 4. The summed E-state index contributed by atoms with van der Waals surface area (Å²) in [5, 5.41) is 4.04. The lowest BCUT2D eigenvalue weighted by atomic mass is 9.96. The number of hydrogen-bond acceptors (Lipinski definition) is 5. The summed E-state index contributed by atoms with van der Waals surface area (Å²) in [6.45, 7) is 2.65. The lowest BCUT2D eigenvalue weighted by Gasteiger charge is -2.35. The van der Waals surface area contributed by atoms with E-state index >= 15 is 0 Å². The molecule has 2 aliphatic heterocycles. The molecule has 0 bridgehead atoms. The van der Waals surface area contributed by atoms with Crippen LogP contribution in [-0.4, -0.2) is 72.3 Å². The van der Waals surface area contributed by atoms with Gasteiger partial charge < -0.3 is 9.42 Å². The first kappa shape index (κ1) is 17.0. The SMILES string of the molecule is O=C(c1onc2c1CCCC2)N1CCN(S(=O)(=O)N2CCCC2)CC1. The molecule has 3 aliphatic rings. The fourth-order valence-electron chi connectivity index (χ4n) is 3.91. The van der Waals surface area contributed by atoms with E-state index in [1.54, 1.807) is 9.21 Å². The molecule has 138 valence electrons. The van der Waals surface area contributed by atoms with Gasteiger partial charge in [-0.3, -0.25) is 4.79 Å². The largest absolute Gasteiger partial charge is 0.350 e. The van der Waals surface area contributed by atoms with Crippen molar-refractivity contribution >= 4 is 16.1 Å². The Morgan fingerprint density at radius 3 is 2.24 bits per heavy atom. The molecule has 1 aliphatic carbocycles. The highest BCUT2D eigenvalue weighted by Gasteiger charge is 2.36. The van der Waals surface area contributed by atoms with Crippen LogP contribution in [0.25, 0.3) is 0 Å². The molecule has 1 aromatic heterocycles. The zero-order valence-electron chi connectivity index (χ0n) is 14.3. The minimum absolute atomic E-state index is 0.158. The third-order valence-corrected chi connectivity index (χ3v) is 7.43. The van der Waals surface area contributed by atoms with E-state index in [0.29, 0.717) is 45.0 Å². The molecule has 0 radical (unpaired) electrons. The number of amides is 1. The van der Waals surface area contributed by atoms with Crippen molar-refractivity contribution in [3.8, 4) is 0 Å². The number of carbonyl (C=O) groups is 1. The average molecular weight is 368 g/mol. The van der Waals surface area contributed by atoms with Gasteiger partial charge >= 0.3 is 0 Å². The highest BCUT2D eigenvalue weighted by atomic mass is 32.2. The standard InChI is InChI=1S/C16H24N4O4S/c21-16(15-13-5-1-2-6-14(13)17-24-15)18-9-11-20(12-10-18)25(22,23)19-7-3-4-8-19/h1-12H2. The number of piperazine rings is 1. The predicted octanol–water partition coefficient (Wildman–Crippen LogP) is 0.652.